The van der Waals surface area contributed by atoms with Gasteiger partial charge in [-0.1, -0.05) is 32.1 Å². The van der Waals surface area contributed by atoms with Gasteiger partial charge in [0.2, 0.25) is 0 Å². The predicted molar refractivity (Wildman–Crippen MR) is 84.9 cm³/mol. The molecule has 1 saturated carbocycles. The molecule has 0 bridgehead atoms. The fourth-order valence-corrected chi connectivity index (χ4v) is 0.884. The number of hydrogen-bond donors (Lipinski definition) is 0. The van der Waals surface area contributed by atoms with Gasteiger partial charge in [0.1, 0.15) is 0 Å². The monoisotopic (exact) mass is 1400 g/mol. The largest absolute Gasteiger partial charge is 1.00 e. The fourth-order valence-electron chi connectivity index (χ4n) is 0.884. The van der Waals surface area contributed by atoms with Crippen LogP contribution < -0.4 is 0 Å². The summed E-state index contributed by atoms with van der Waals surface area (Å²) < 4.78 is 90.0. The molecule has 209 valence electrons. The van der Waals surface area contributed by atoms with Crippen molar-refractivity contribution in [1.29, 1.82) is 0 Å². The molecule has 37 heavy (non-hydrogen) atoms. The summed E-state index contributed by atoms with van der Waals surface area (Å²) in [6.07, 6.45) is 7.50. The maximum atomic E-state index is 7.50. The molecule has 18 heteroatoms. The first-order valence-corrected chi connectivity index (χ1v) is 5.66. The van der Waals surface area contributed by atoms with E-state index in [-0.39, 0.29) is 106 Å². The maximum Gasteiger partial charge on any atom is 1.00 e. The Balaban J connectivity index is -0.00000000559. The second kappa shape index (κ2) is 1720. The van der Waals surface area contributed by atoms with Crippen LogP contribution in [-0.2, 0) is 156 Å². The Hall–Kier alpha value is 0.0738. The molecule has 2 N–H and O–H groups in total. The van der Waals surface area contributed by atoms with E-state index >= 15 is 0 Å². The molecule has 0 spiro atoms. The fraction of sp³-hybridized carbons (Fsp3) is 0.316. The second-order valence-electron chi connectivity index (χ2n) is 1.77. The van der Waals surface area contributed by atoms with Gasteiger partial charge in [-0.2, -0.15) is 6.92 Å². The van der Waals surface area contributed by atoms with E-state index in [9.17, 15) is 0 Å². The van der Waals surface area contributed by atoms with Gasteiger partial charge in [0.15, 0.2) is 0 Å². The first kappa shape index (κ1) is 148. The van der Waals surface area contributed by atoms with Crippen LogP contribution in [0.15, 0.2) is 0 Å². The third-order valence-electron chi connectivity index (χ3n) is 1.25. The molecule has 0 atom stereocenters. The molecule has 0 aromatic rings. The first-order valence-electron chi connectivity index (χ1n) is 5.66. The van der Waals surface area contributed by atoms with Crippen molar-refractivity contribution in [2.75, 3.05) is 0 Å². The van der Waals surface area contributed by atoms with E-state index in [2.05, 4.69) is 86.7 Å². The van der Waals surface area contributed by atoms with Gasteiger partial charge in [-0.05, 0) is 0 Å². The zero-order chi connectivity index (χ0) is 29.5. The van der Waals surface area contributed by atoms with Crippen LogP contribution in [0, 0.1) is 86.7 Å². The van der Waals surface area contributed by atoms with Crippen molar-refractivity contribution < 1.29 is 162 Å². The molecule has 0 aromatic carbocycles. The van der Waals surface area contributed by atoms with E-state index in [1.807, 2.05) is 0 Å². The molecule has 1 rings (SSSR count). The molecule has 0 amide bonds. The summed E-state index contributed by atoms with van der Waals surface area (Å²) in [5.74, 6) is 0. The summed E-state index contributed by atoms with van der Waals surface area (Å²) in [7, 11) is 0. The van der Waals surface area contributed by atoms with Crippen molar-refractivity contribution in [3.05, 3.63) is 86.7 Å². The molecule has 0 aromatic heterocycles. The van der Waals surface area contributed by atoms with Gasteiger partial charge in [0.05, 0.1) is 0 Å². The van der Waals surface area contributed by atoms with Crippen LogP contribution in [0.1, 0.15) is 39.0 Å². The van der Waals surface area contributed by atoms with E-state index in [0.29, 0.717) is 0 Å². The Bertz CT molecular complexity index is 298. The summed E-state index contributed by atoms with van der Waals surface area (Å²) in [6.45, 7) is 59.0. The molecule has 0 aliphatic heterocycles. The summed E-state index contributed by atoms with van der Waals surface area (Å²) in [5.41, 5.74) is 0. The molecule has 0 unspecified atom stereocenters. The second-order valence-corrected chi connectivity index (χ2v) is 1.77. The van der Waals surface area contributed by atoms with Gasteiger partial charge in [0, 0.05) is 80.4 Å². The van der Waals surface area contributed by atoms with Crippen LogP contribution in [0.5, 0.6) is 0 Å². The maximum absolute atomic E-state index is 7.50. The van der Waals surface area contributed by atoms with Gasteiger partial charge in [-0.25, -0.2) is 0 Å². The van der Waals surface area contributed by atoms with Crippen molar-refractivity contribution >= 4 is 0 Å². The van der Waals surface area contributed by atoms with Crippen LogP contribution in [0.25, 0.3) is 0 Å². The van der Waals surface area contributed by atoms with E-state index in [0.717, 1.165) is 0 Å². The van der Waals surface area contributed by atoms with Crippen LogP contribution in [0.2, 0.25) is 0 Å². The quantitative estimate of drug-likeness (QED) is 0.247. The molecular weight excluding hydrogens is 1380 g/mol. The third-order valence-corrected chi connectivity index (χ3v) is 1.25. The zero-order valence-corrected chi connectivity index (χ0v) is 31.6. The summed E-state index contributed by atoms with van der Waals surface area (Å²) in [6, 6.07) is 0. The molecule has 13 nitrogen and oxygen atoms in total. The number of rotatable bonds is 0. The van der Waals surface area contributed by atoms with Crippen LogP contribution >= 0.6 is 0 Å². The molecule has 0 heterocycles. The Labute approximate surface area is 285 Å². The SMILES string of the molecule is C1CCCC1.O.[C-]#[O+].[C-]#[O+].[C-]#[O+].[C-]#[O+].[C-]#[O+].[C-]#[O+].[C-]#[O+].[C-]#[O+].[C-]#[O+].[C-]#[O+].[C-]#[O+].[C-]#[O+].[CH2-]C.[Os+].[Os].[Os].[Os].[W]. The molecule has 1 aliphatic carbocycles. The third kappa shape index (κ3) is 1630. The van der Waals surface area contributed by atoms with Crippen molar-refractivity contribution in [1.82, 2.24) is 0 Å². The smallest absolute Gasteiger partial charge is 0.346 e. The van der Waals surface area contributed by atoms with Gasteiger partial charge in [-0.15, -0.1) is 0 Å². The molecule has 1 radical (unpaired) electrons. The Kier molecular flexibility index (Phi) is 6880. The molecule has 1 fully saturated rings. The van der Waals surface area contributed by atoms with E-state index in [4.69, 9.17) is 55.8 Å². The van der Waals surface area contributed by atoms with Crippen molar-refractivity contribution in [3.63, 3.8) is 0 Å². The first-order chi connectivity index (χ1) is 15.5. The van der Waals surface area contributed by atoms with E-state index < -0.39 is 0 Å². The van der Waals surface area contributed by atoms with Crippen molar-refractivity contribution in [2.45, 2.75) is 39.0 Å². The average Bonchev–Trinajstić information content (AvgIpc) is 3.59. The Morgan fingerprint density at radius 2 is 0.351 bits per heavy atom. The minimum atomic E-state index is 0. The number of hydrogen-bond acceptors (Lipinski definition) is 0. The minimum Gasteiger partial charge on any atom is -0.346 e. The minimum absolute atomic E-state index is 0. The Morgan fingerprint density at radius 3 is 0.378 bits per heavy atom. The van der Waals surface area contributed by atoms with E-state index in [1.54, 1.807) is 6.92 Å². The van der Waals surface area contributed by atoms with Crippen molar-refractivity contribution in [2.24, 2.45) is 0 Å². The zero-order valence-electron chi connectivity index (χ0n) is 18.5. The van der Waals surface area contributed by atoms with Gasteiger partial charge < -0.3 is 12.4 Å². The predicted octanol–water partition coefficient (Wildman–Crippen LogP) is 1.50. The Morgan fingerprint density at radius 1 is 0.324 bits per heavy atom. The molecular formula is C19H17O13Os4W. The van der Waals surface area contributed by atoms with Gasteiger partial charge >= 0.3 is 155 Å². The van der Waals surface area contributed by atoms with Crippen molar-refractivity contribution in [3.8, 4) is 0 Å². The molecule has 0 saturated heterocycles. The van der Waals surface area contributed by atoms with E-state index in [1.165, 1.54) is 32.1 Å². The summed E-state index contributed by atoms with van der Waals surface area (Å²) >= 11 is 0. The topological polar surface area (TPSA) is 270 Å². The average molecular weight is 1400 g/mol. The van der Waals surface area contributed by atoms with Gasteiger partial charge in [0.25, 0.3) is 0 Å². The summed E-state index contributed by atoms with van der Waals surface area (Å²) in [5, 5.41) is 0. The van der Waals surface area contributed by atoms with Crippen LogP contribution in [0.4, 0.5) is 0 Å². The normalized spacial score (nSPS) is 4.05. The standard InChI is InChI=1S/C5H10.C2H5.12CO.H2O.4Os.W/c1-2-4-5-3-1;13*1-2;;;;;;/h1-5H2;1H2,2H3;;;;;;;;;;;;;1H2;;;;;/q;-1;;;;;;;;;;;;;;;;;+1;. The van der Waals surface area contributed by atoms with Gasteiger partial charge in [-0.3, -0.25) is 0 Å². The van der Waals surface area contributed by atoms with Crippen LogP contribution in [0.3, 0.4) is 0 Å². The summed E-state index contributed by atoms with van der Waals surface area (Å²) in [4.78, 5) is 0. The van der Waals surface area contributed by atoms with Crippen LogP contribution in [-0.4, -0.2) is 5.48 Å². The molecule has 1 aliphatic rings.